The third kappa shape index (κ3) is 5.12. The van der Waals surface area contributed by atoms with E-state index in [-0.39, 0.29) is 24.3 Å². The van der Waals surface area contributed by atoms with Crippen LogP contribution in [-0.4, -0.2) is 12.7 Å². The van der Waals surface area contributed by atoms with E-state index in [2.05, 4.69) is 9.47 Å². The Kier molecular flexibility index (Phi) is 6.08. The summed E-state index contributed by atoms with van der Waals surface area (Å²) in [5.74, 6) is -3.76. The number of alkyl halides is 12. The van der Waals surface area contributed by atoms with Crippen molar-refractivity contribution < 1.29 is 62.2 Å². The van der Waals surface area contributed by atoms with Gasteiger partial charge in [-0.15, -0.1) is 26.3 Å². The van der Waals surface area contributed by atoms with Crippen LogP contribution >= 0.6 is 0 Å². The number of benzene rings is 2. The minimum Gasteiger partial charge on any atom is -0.405 e. The Labute approximate surface area is 191 Å². The minimum absolute atomic E-state index is 0.0287. The highest BCUT2D eigenvalue weighted by molar-refractivity contribution is 6.05. The third-order valence-electron chi connectivity index (χ3n) is 4.60. The lowest BCUT2D eigenvalue weighted by Crippen LogP contribution is -2.20. The van der Waals surface area contributed by atoms with Crippen LogP contribution in [0.5, 0.6) is 11.5 Å². The first-order valence-corrected chi connectivity index (χ1v) is 8.84. The molecular weight excluding hydrogens is 528 g/mol. The van der Waals surface area contributed by atoms with Crippen molar-refractivity contribution in [2.24, 2.45) is 0 Å². The number of hydrogen-bond donors (Lipinski definition) is 0. The normalized spacial score (nSPS) is 13.4. The number of nitriles is 2. The van der Waals surface area contributed by atoms with Gasteiger partial charge in [0, 0.05) is 5.57 Å². The van der Waals surface area contributed by atoms with Gasteiger partial charge in [-0.1, -0.05) is 0 Å². The summed E-state index contributed by atoms with van der Waals surface area (Å²) in [5.41, 5.74) is -9.35. The molecule has 0 heterocycles. The maximum Gasteiger partial charge on any atom is 0.573 e. The summed E-state index contributed by atoms with van der Waals surface area (Å²) in [7, 11) is 0. The molecule has 36 heavy (non-hydrogen) atoms. The SMILES string of the molecule is N#CC(C#N)=C1c2cc(OC(F)(F)F)c(C(F)(F)F)cc2-c2cc(C(F)(F)F)c(OC(F)(F)F)cc21. The van der Waals surface area contributed by atoms with E-state index in [1.807, 2.05) is 0 Å². The molecule has 3 rings (SSSR count). The number of allylic oxidation sites excluding steroid dienone is 1. The molecule has 0 saturated carbocycles. The number of fused-ring (bicyclic) bond motifs is 3. The molecule has 0 radical (unpaired) electrons. The van der Waals surface area contributed by atoms with Crippen molar-refractivity contribution in [2.45, 2.75) is 25.1 Å². The number of ether oxygens (including phenoxy) is 2. The van der Waals surface area contributed by atoms with Gasteiger partial charge in [-0.3, -0.25) is 0 Å². The Balaban J connectivity index is 2.49. The van der Waals surface area contributed by atoms with Gasteiger partial charge in [-0.2, -0.15) is 36.9 Å². The topological polar surface area (TPSA) is 66.0 Å². The van der Waals surface area contributed by atoms with Crippen LogP contribution in [0.25, 0.3) is 16.7 Å². The highest BCUT2D eigenvalue weighted by Gasteiger charge is 2.44. The Morgan fingerprint density at radius 3 is 1.14 bits per heavy atom. The van der Waals surface area contributed by atoms with Crippen molar-refractivity contribution in [2.75, 3.05) is 0 Å². The molecule has 0 saturated heterocycles. The van der Waals surface area contributed by atoms with Crippen molar-refractivity contribution in [3.8, 4) is 34.8 Å². The Hall–Kier alpha value is -4.08. The maximum atomic E-state index is 13.5. The van der Waals surface area contributed by atoms with Crippen LogP contribution < -0.4 is 9.47 Å². The van der Waals surface area contributed by atoms with E-state index in [0.29, 0.717) is 0 Å². The zero-order valence-electron chi connectivity index (χ0n) is 16.6. The Morgan fingerprint density at radius 1 is 0.556 bits per heavy atom. The van der Waals surface area contributed by atoms with Crippen LogP contribution in [0.3, 0.4) is 0 Å². The molecule has 0 atom stereocenters. The van der Waals surface area contributed by atoms with E-state index in [1.54, 1.807) is 0 Å². The lowest BCUT2D eigenvalue weighted by Gasteiger charge is -2.18. The van der Waals surface area contributed by atoms with E-state index < -0.39 is 81.1 Å². The summed E-state index contributed by atoms with van der Waals surface area (Å²) < 4.78 is 164. The van der Waals surface area contributed by atoms with Crippen LogP contribution in [0.1, 0.15) is 22.3 Å². The molecule has 0 spiro atoms. The van der Waals surface area contributed by atoms with E-state index in [9.17, 15) is 63.2 Å². The predicted octanol–water partition coefficient (Wildman–Crippen LogP) is 7.35. The molecule has 4 nitrogen and oxygen atoms in total. The van der Waals surface area contributed by atoms with Gasteiger partial charge < -0.3 is 9.47 Å². The minimum atomic E-state index is -5.67. The smallest absolute Gasteiger partial charge is 0.405 e. The average molecular weight is 532 g/mol. The second-order valence-electron chi connectivity index (χ2n) is 6.85. The fourth-order valence-corrected chi connectivity index (χ4v) is 3.43. The van der Waals surface area contributed by atoms with Crippen molar-refractivity contribution in [3.63, 3.8) is 0 Å². The molecule has 0 bridgehead atoms. The lowest BCUT2D eigenvalue weighted by atomic mass is 9.97. The predicted molar refractivity (Wildman–Crippen MR) is 92.5 cm³/mol. The van der Waals surface area contributed by atoms with Gasteiger partial charge in [-0.25, -0.2) is 0 Å². The fraction of sp³-hybridized carbons (Fsp3) is 0.200. The van der Waals surface area contributed by atoms with Gasteiger partial charge in [0.05, 0.1) is 11.1 Å². The van der Waals surface area contributed by atoms with Crippen molar-refractivity contribution in [1.82, 2.24) is 0 Å². The molecule has 0 aromatic heterocycles. The second kappa shape index (κ2) is 8.25. The summed E-state index contributed by atoms with van der Waals surface area (Å²) in [6.45, 7) is 0. The van der Waals surface area contributed by atoms with Gasteiger partial charge >= 0.3 is 25.1 Å². The van der Waals surface area contributed by atoms with Gasteiger partial charge in [0.15, 0.2) is 0 Å². The molecule has 1 aliphatic rings. The van der Waals surface area contributed by atoms with E-state index >= 15 is 0 Å². The van der Waals surface area contributed by atoms with Gasteiger partial charge in [0.25, 0.3) is 0 Å². The quantitative estimate of drug-likeness (QED) is 0.256. The molecule has 2 aromatic rings. The van der Waals surface area contributed by atoms with Crippen molar-refractivity contribution in [1.29, 1.82) is 10.5 Å². The zero-order chi connectivity index (χ0) is 27.4. The monoisotopic (exact) mass is 532 g/mol. The number of hydrogen-bond acceptors (Lipinski definition) is 4. The molecular formula is C20H4F12N2O2. The summed E-state index contributed by atoms with van der Waals surface area (Å²) in [4.78, 5) is 0. The second-order valence-corrected chi connectivity index (χ2v) is 6.85. The van der Waals surface area contributed by atoms with Crippen LogP contribution in [-0.2, 0) is 12.4 Å². The molecule has 0 aliphatic heterocycles. The van der Waals surface area contributed by atoms with Crippen LogP contribution in [0, 0.1) is 22.7 Å². The van der Waals surface area contributed by atoms with E-state index in [0.717, 1.165) is 0 Å². The first-order chi connectivity index (χ1) is 16.3. The van der Waals surface area contributed by atoms with E-state index in [1.165, 1.54) is 12.1 Å². The molecule has 1 aliphatic carbocycles. The van der Waals surface area contributed by atoms with Crippen LogP contribution in [0.15, 0.2) is 29.8 Å². The number of rotatable bonds is 2. The summed E-state index contributed by atoms with van der Waals surface area (Å²) in [5, 5.41) is 18.4. The largest absolute Gasteiger partial charge is 0.573 e. The lowest BCUT2D eigenvalue weighted by molar-refractivity contribution is -0.277. The first-order valence-electron chi connectivity index (χ1n) is 8.84. The average Bonchev–Trinajstić information content (AvgIpc) is 2.96. The molecule has 0 fully saturated rings. The molecule has 0 unspecified atom stereocenters. The molecule has 190 valence electrons. The number of nitrogens with zero attached hydrogens (tertiary/aromatic N) is 2. The number of halogens is 12. The van der Waals surface area contributed by atoms with Gasteiger partial charge in [0.2, 0.25) is 0 Å². The van der Waals surface area contributed by atoms with Gasteiger partial charge in [-0.05, 0) is 46.5 Å². The molecule has 0 amide bonds. The molecule has 16 heteroatoms. The highest BCUT2D eigenvalue weighted by Crippen LogP contribution is 2.54. The zero-order valence-corrected chi connectivity index (χ0v) is 16.6. The Morgan fingerprint density at radius 2 is 0.889 bits per heavy atom. The Bertz CT molecular complexity index is 1250. The van der Waals surface area contributed by atoms with Crippen LogP contribution in [0.4, 0.5) is 52.7 Å². The fourth-order valence-electron chi connectivity index (χ4n) is 3.43. The van der Waals surface area contributed by atoms with E-state index in [4.69, 9.17) is 0 Å². The third-order valence-corrected chi connectivity index (χ3v) is 4.60. The highest BCUT2D eigenvalue weighted by atomic mass is 19.4. The first kappa shape index (κ1) is 26.5. The van der Waals surface area contributed by atoms with Crippen molar-refractivity contribution in [3.05, 3.63) is 52.1 Å². The molecule has 0 N–H and O–H groups in total. The van der Waals surface area contributed by atoms with Gasteiger partial charge in [0.1, 0.15) is 29.2 Å². The van der Waals surface area contributed by atoms with Crippen molar-refractivity contribution >= 4 is 5.57 Å². The maximum absolute atomic E-state index is 13.5. The summed E-state index contributed by atoms with van der Waals surface area (Å²) >= 11 is 0. The standard InChI is InChI=1S/C20H4F12N2O2/c21-17(22,23)12-1-8-9-2-13(18(24,25)26)15(36-20(30,31)32)4-11(9)16(7(5-33)6-34)10(8)3-14(12)35-19(27,28)29/h1-4H. The molecule has 2 aromatic carbocycles. The summed E-state index contributed by atoms with van der Waals surface area (Å²) in [6.07, 6.45) is -22.4. The van der Waals surface area contributed by atoms with Crippen LogP contribution in [0.2, 0.25) is 0 Å². The summed E-state index contributed by atoms with van der Waals surface area (Å²) in [6, 6.07) is 2.59.